The fourth-order valence-electron chi connectivity index (χ4n) is 4.25. The highest BCUT2D eigenvalue weighted by atomic mass is 19.4. The van der Waals surface area contributed by atoms with Crippen molar-refractivity contribution in [2.75, 3.05) is 19.7 Å². The molecule has 0 saturated heterocycles. The summed E-state index contributed by atoms with van der Waals surface area (Å²) in [6.45, 7) is 5.40. The number of hydrogen-bond acceptors (Lipinski definition) is 4. The van der Waals surface area contributed by atoms with Crippen LogP contribution in [0.15, 0.2) is 77.4 Å². The van der Waals surface area contributed by atoms with E-state index < -0.39 is 11.9 Å². The lowest BCUT2D eigenvalue weighted by Gasteiger charge is -2.10. The number of ether oxygens (including phenoxy) is 1. The Kier molecular flexibility index (Phi) is 6.88. The number of hydrogen-bond donors (Lipinski definition) is 2. The molecular formula is C26H27F3N4O2. The average Bonchev–Trinajstić information content (AvgIpc) is 2.97. The van der Waals surface area contributed by atoms with Gasteiger partial charge in [0, 0.05) is 43.4 Å². The van der Waals surface area contributed by atoms with E-state index in [1.807, 2.05) is 12.1 Å². The highest BCUT2D eigenvalue weighted by Gasteiger charge is 2.30. The number of allylic oxidation sites excluding steroid dienone is 3. The maximum Gasteiger partial charge on any atom is 0.430 e. The SMILES string of the molecule is C=C/C(=C\C=C(/N)C(F)(F)F)COc1ccn(-c2ccc3c4c(n(C)c3c2)CCNCC4)c(=O)c1. The average molecular weight is 485 g/mol. The lowest BCUT2D eigenvalue weighted by Crippen LogP contribution is -2.19. The molecule has 1 aliphatic rings. The van der Waals surface area contributed by atoms with Gasteiger partial charge in [-0.1, -0.05) is 24.8 Å². The number of pyridine rings is 1. The Morgan fingerprint density at radius 1 is 1.20 bits per heavy atom. The molecule has 0 radical (unpaired) electrons. The first kappa shape index (κ1) is 24.4. The van der Waals surface area contributed by atoms with Gasteiger partial charge in [0.1, 0.15) is 18.1 Å². The molecule has 0 bridgehead atoms. The van der Waals surface area contributed by atoms with Crippen molar-refractivity contribution in [3.63, 3.8) is 0 Å². The van der Waals surface area contributed by atoms with Gasteiger partial charge >= 0.3 is 6.18 Å². The number of aryl methyl sites for hydroxylation is 1. The van der Waals surface area contributed by atoms with E-state index in [1.165, 1.54) is 39.4 Å². The highest BCUT2D eigenvalue weighted by Crippen LogP contribution is 2.29. The zero-order valence-electron chi connectivity index (χ0n) is 19.4. The third-order valence-electron chi connectivity index (χ3n) is 6.15. The summed E-state index contributed by atoms with van der Waals surface area (Å²) in [5.74, 6) is 0.297. The van der Waals surface area contributed by atoms with Gasteiger partial charge in [0.2, 0.25) is 0 Å². The van der Waals surface area contributed by atoms with Crippen LogP contribution in [0.4, 0.5) is 13.2 Å². The third-order valence-corrected chi connectivity index (χ3v) is 6.15. The van der Waals surface area contributed by atoms with Crippen molar-refractivity contribution >= 4 is 10.9 Å². The molecule has 0 atom stereocenters. The number of benzene rings is 1. The lowest BCUT2D eigenvalue weighted by atomic mass is 10.1. The summed E-state index contributed by atoms with van der Waals surface area (Å²) >= 11 is 0. The van der Waals surface area contributed by atoms with Gasteiger partial charge in [-0.15, -0.1) is 0 Å². The van der Waals surface area contributed by atoms with Crippen molar-refractivity contribution in [2.24, 2.45) is 12.8 Å². The quantitative estimate of drug-likeness (QED) is 0.521. The van der Waals surface area contributed by atoms with E-state index in [0.29, 0.717) is 11.3 Å². The molecule has 35 heavy (non-hydrogen) atoms. The van der Waals surface area contributed by atoms with Gasteiger partial charge in [-0.3, -0.25) is 9.36 Å². The summed E-state index contributed by atoms with van der Waals surface area (Å²) in [6, 6.07) is 8.98. The molecule has 0 aliphatic carbocycles. The van der Waals surface area contributed by atoms with E-state index in [0.717, 1.165) is 43.2 Å². The molecule has 2 aromatic heterocycles. The van der Waals surface area contributed by atoms with Crippen LogP contribution >= 0.6 is 0 Å². The first-order chi connectivity index (χ1) is 16.7. The predicted molar refractivity (Wildman–Crippen MR) is 131 cm³/mol. The van der Waals surface area contributed by atoms with Crippen LogP contribution in [0.1, 0.15) is 11.3 Å². The van der Waals surface area contributed by atoms with Gasteiger partial charge < -0.3 is 20.4 Å². The molecule has 0 saturated carbocycles. The zero-order valence-corrected chi connectivity index (χ0v) is 19.4. The van der Waals surface area contributed by atoms with Crippen LogP contribution < -0.4 is 21.3 Å². The number of aromatic nitrogens is 2. The van der Waals surface area contributed by atoms with Crippen molar-refractivity contribution < 1.29 is 17.9 Å². The molecule has 0 unspecified atom stereocenters. The van der Waals surface area contributed by atoms with Crippen LogP contribution in [0.5, 0.6) is 5.75 Å². The molecule has 1 aliphatic heterocycles. The maximum atomic E-state index is 12.8. The van der Waals surface area contributed by atoms with Gasteiger partial charge in [-0.2, -0.15) is 13.2 Å². The highest BCUT2D eigenvalue weighted by molar-refractivity contribution is 5.87. The largest absolute Gasteiger partial charge is 0.489 e. The Morgan fingerprint density at radius 2 is 1.97 bits per heavy atom. The van der Waals surface area contributed by atoms with Crippen LogP contribution in [0.3, 0.4) is 0 Å². The summed E-state index contributed by atoms with van der Waals surface area (Å²) in [6.07, 6.45) is 2.26. The minimum absolute atomic E-state index is 0.0652. The molecular weight excluding hydrogens is 457 g/mol. The maximum absolute atomic E-state index is 12.8. The van der Waals surface area contributed by atoms with Crippen LogP contribution in [-0.2, 0) is 19.9 Å². The number of nitrogens with zero attached hydrogens (tertiary/aromatic N) is 2. The van der Waals surface area contributed by atoms with E-state index in [-0.39, 0.29) is 12.2 Å². The van der Waals surface area contributed by atoms with Crippen LogP contribution in [-0.4, -0.2) is 35.0 Å². The van der Waals surface area contributed by atoms with Crippen LogP contribution in [0.25, 0.3) is 16.6 Å². The van der Waals surface area contributed by atoms with Crippen LogP contribution in [0, 0.1) is 0 Å². The molecule has 9 heteroatoms. The Morgan fingerprint density at radius 3 is 2.69 bits per heavy atom. The zero-order chi connectivity index (χ0) is 25.2. The standard InChI is InChI=1S/C26H27F3N4O2/c1-3-17(4-7-24(30)26(27,28)29)16-35-19-10-13-33(25(34)15-19)18-5-6-20-21-8-11-31-12-9-22(21)32(2)23(20)14-18/h3-7,10,13-15,31H,1,8-9,11-12,16,30H2,2H3/b17-4+,24-7-. The molecule has 0 fully saturated rings. The van der Waals surface area contributed by atoms with Gasteiger partial charge in [-0.25, -0.2) is 0 Å². The van der Waals surface area contributed by atoms with Gasteiger partial charge in [0.25, 0.3) is 5.56 Å². The Labute approximate surface area is 200 Å². The molecule has 184 valence electrons. The lowest BCUT2D eigenvalue weighted by molar-refractivity contribution is -0.0926. The summed E-state index contributed by atoms with van der Waals surface area (Å²) in [7, 11) is 2.05. The van der Waals surface area contributed by atoms with E-state index >= 15 is 0 Å². The molecule has 1 aromatic carbocycles. The van der Waals surface area contributed by atoms with E-state index in [1.54, 1.807) is 12.3 Å². The first-order valence-electron chi connectivity index (χ1n) is 11.2. The fourth-order valence-corrected chi connectivity index (χ4v) is 4.25. The Balaban J connectivity index is 1.55. The van der Waals surface area contributed by atoms with Crippen molar-refractivity contribution in [3.05, 3.63) is 94.2 Å². The minimum Gasteiger partial charge on any atom is -0.489 e. The molecule has 0 spiro atoms. The number of nitrogens with one attached hydrogen (secondary N) is 1. The van der Waals surface area contributed by atoms with Crippen molar-refractivity contribution in [2.45, 2.75) is 19.0 Å². The van der Waals surface area contributed by atoms with Gasteiger partial charge in [0.05, 0.1) is 11.2 Å². The summed E-state index contributed by atoms with van der Waals surface area (Å²) in [5, 5.41) is 4.63. The summed E-state index contributed by atoms with van der Waals surface area (Å²) in [4.78, 5) is 12.8. The number of halogens is 3. The molecule has 6 nitrogen and oxygen atoms in total. The van der Waals surface area contributed by atoms with Crippen molar-refractivity contribution in [3.8, 4) is 11.4 Å². The summed E-state index contributed by atoms with van der Waals surface area (Å²) < 4.78 is 46.9. The Bertz CT molecular complexity index is 1380. The molecule has 3 aromatic rings. The number of alkyl halides is 3. The van der Waals surface area contributed by atoms with Crippen LogP contribution in [0.2, 0.25) is 0 Å². The minimum atomic E-state index is -4.60. The second-order valence-electron chi connectivity index (χ2n) is 8.36. The summed E-state index contributed by atoms with van der Waals surface area (Å²) in [5.41, 5.74) is 8.36. The molecule has 0 amide bonds. The predicted octanol–water partition coefficient (Wildman–Crippen LogP) is 3.91. The normalized spacial score (nSPS) is 15.1. The van der Waals surface area contributed by atoms with E-state index in [9.17, 15) is 18.0 Å². The molecule has 3 heterocycles. The second-order valence-corrected chi connectivity index (χ2v) is 8.36. The van der Waals surface area contributed by atoms with E-state index in [4.69, 9.17) is 10.5 Å². The molecule has 3 N–H and O–H groups in total. The monoisotopic (exact) mass is 484 g/mol. The van der Waals surface area contributed by atoms with Gasteiger partial charge in [-0.05, 0) is 48.4 Å². The number of rotatable bonds is 6. The third kappa shape index (κ3) is 5.19. The molecule has 4 rings (SSSR count). The topological polar surface area (TPSA) is 74.2 Å². The van der Waals surface area contributed by atoms with Gasteiger partial charge in [0.15, 0.2) is 0 Å². The van der Waals surface area contributed by atoms with E-state index in [2.05, 4.69) is 29.6 Å². The van der Waals surface area contributed by atoms with Crippen molar-refractivity contribution in [1.82, 2.24) is 14.5 Å². The first-order valence-corrected chi connectivity index (χ1v) is 11.2. The fraction of sp³-hybridized carbons (Fsp3) is 0.269. The van der Waals surface area contributed by atoms with Crippen molar-refractivity contribution in [1.29, 1.82) is 0 Å². The number of nitrogens with two attached hydrogens (primary N) is 1. The number of fused-ring (bicyclic) bond motifs is 3. The smallest absolute Gasteiger partial charge is 0.430 e. The Hall–Kier alpha value is -3.72. The second kappa shape index (κ2) is 9.87.